The Kier molecular flexibility index (Phi) is 6.81. The van der Waals surface area contributed by atoms with Gasteiger partial charge in [0, 0.05) is 24.7 Å². The molecule has 0 spiro atoms. The van der Waals surface area contributed by atoms with Crippen molar-refractivity contribution in [3.8, 4) is 17.2 Å². The van der Waals surface area contributed by atoms with Crippen molar-refractivity contribution in [3.05, 3.63) is 69.3 Å². The quantitative estimate of drug-likeness (QED) is 0.576. The number of nitriles is 1. The molecule has 0 aromatic heterocycles. The van der Waals surface area contributed by atoms with E-state index in [-0.39, 0.29) is 11.5 Å². The highest BCUT2D eigenvalue weighted by molar-refractivity contribution is 5.66. The third-order valence-electron chi connectivity index (χ3n) is 4.06. The van der Waals surface area contributed by atoms with E-state index in [2.05, 4.69) is 6.07 Å². The molecular weight excluding hydrogens is 334 g/mol. The van der Waals surface area contributed by atoms with Gasteiger partial charge in [-0.1, -0.05) is 12.1 Å². The lowest BCUT2D eigenvalue weighted by molar-refractivity contribution is -0.532. The van der Waals surface area contributed by atoms with Crippen molar-refractivity contribution in [1.82, 2.24) is 0 Å². The van der Waals surface area contributed by atoms with Crippen LogP contribution in [0.4, 0.5) is 0 Å². The molecule has 2 atom stereocenters. The Morgan fingerprint density at radius 1 is 1.08 bits per heavy atom. The van der Waals surface area contributed by atoms with E-state index in [4.69, 9.17) is 20.5 Å². The number of nitrogens with two attached hydrogens (primary N) is 1. The number of nitro groups is 1. The topological polar surface area (TPSA) is 111 Å². The third-order valence-corrected chi connectivity index (χ3v) is 4.06. The maximum Gasteiger partial charge on any atom is 0.261 e. The summed E-state index contributed by atoms with van der Waals surface area (Å²) in [5.41, 5.74) is 9.58. The fourth-order valence-corrected chi connectivity index (χ4v) is 2.70. The summed E-state index contributed by atoms with van der Waals surface area (Å²) in [5, 5.41) is 20.4. The second-order valence-electron chi connectivity index (χ2n) is 5.90. The number of nitrogens with zero attached hydrogens (tertiary/aromatic N) is 2. The predicted molar refractivity (Wildman–Crippen MR) is 97.0 cm³/mol. The molecule has 2 aromatic rings. The molecule has 0 aliphatic carbocycles. The van der Waals surface area contributed by atoms with Gasteiger partial charge in [0.1, 0.15) is 6.61 Å². The minimum atomic E-state index is -0.994. The van der Waals surface area contributed by atoms with Gasteiger partial charge in [-0.3, -0.25) is 10.1 Å². The van der Waals surface area contributed by atoms with E-state index in [1.807, 2.05) is 6.07 Å². The van der Waals surface area contributed by atoms with E-state index in [0.29, 0.717) is 17.7 Å². The van der Waals surface area contributed by atoms with Gasteiger partial charge in [0.15, 0.2) is 0 Å². The number of methoxy groups -OCH3 is 2. The normalized spacial score (nSPS) is 13.0. The van der Waals surface area contributed by atoms with Crippen LogP contribution in [0.25, 0.3) is 11.1 Å². The Bertz CT molecular complexity index is 799. The Morgan fingerprint density at radius 3 is 2.23 bits per heavy atom. The highest BCUT2D eigenvalue weighted by atomic mass is 16.6. The SMILES string of the molecule is COCC(N)c1cc(-c2ccc(C#N)cc2)cc(C(COC)[N+](=O)[O-])c1. The van der Waals surface area contributed by atoms with Crippen molar-refractivity contribution in [3.63, 3.8) is 0 Å². The highest BCUT2D eigenvalue weighted by Crippen LogP contribution is 2.29. The van der Waals surface area contributed by atoms with Crippen LogP contribution in [0.3, 0.4) is 0 Å². The van der Waals surface area contributed by atoms with E-state index in [0.717, 1.165) is 16.7 Å². The maximum absolute atomic E-state index is 11.5. The molecule has 0 saturated heterocycles. The largest absolute Gasteiger partial charge is 0.383 e. The lowest BCUT2D eigenvalue weighted by Gasteiger charge is -2.17. The second kappa shape index (κ2) is 9.06. The Balaban J connectivity index is 2.55. The molecule has 2 aromatic carbocycles. The summed E-state index contributed by atoms with van der Waals surface area (Å²) in [4.78, 5) is 11.1. The van der Waals surface area contributed by atoms with Crippen LogP contribution >= 0.6 is 0 Å². The van der Waals surface area contributed by atoms with Crippen LogP contribution < -0.4 is 5.73 Å². The third kappa shape index (κ3) is 4.64. The predicted octanol–water partition coefficient (Wildman–Crippen LogP) is 2.84. The van der Waals surface area contributed by atoms with E-state index in [1.165, 1.54) is 7.11 Å². The van der Waals surface area contributed by atoms with E-state index >= 15 is 0 Å². The molecule has 0 saturated carbocycles. The van der Waals surface area contributed by atoms with Crippen LogP contribution in [0.5, 0.6) is 0 Å². The number of hydrogen-bond acceptors (Lipinski definition) is 6. The molecule has 0 aliphatic rings. The van der Waals surface area contributed by atoms with Gasteiger partial charge < -0.3 is 15.2 Å². The molecule has 0 bridgehead atoms. The Labute approximate surface area is 152 Å². The van der Waals surface area contributed by atoms with Gasteiger partial charge in [-0.05, 0) is 47.0 Å². The number of rotatable bonds is 8. The van der Waals surface area contributed by atoms with Crippen LogP contribution in [0.1, 0.15) is 28.8 Å². The van der Waals surface area contributed by atoms with Gasteiger partial charge in [-0.15, -0.1) is 0 Å². The highest BCUT2D eigenvalue weighted by Gasteiger charge is 2.24. The first kappa shape index (κ1) is 19.5. The van der Waals surface area contributed by atoms with E-state index in [1.54, 1.807) is 43.5 Å². The fourth-order valence-electron chi connectivity index (χ4n) is 2.70. The lowest BCUT2D eigenvalue weighted by atomic mass is 9.94. The van der Waals surface area contributed by atoms with Crippen LogP contribution in [-0.2, 0) is 9.47 Å². The molecule has 7 heteroatoms. The van der Waals surface area contributed by atoms with Crippen molar-refractivity contribution < 1.29 is 14.4 Å². The minimum Gasteiger partial charge on any atom is -0.383 e. The molecule has 136 valence electrons. The summed E-state index contributed by atoms with van der Waals surface area (Å²) in [6.07, 6.45) is 0. The molecule has 2 rings (SSSR count). The molecule has 26 heavy (non-hydrogen) atoms. The van der Waals surface area contributed by atoms with Crippen LogP contribution in [0, 0.1) is 21.4 Å². The number of benzene rings is 2. The van der Waals surface area contributed by atoms with Crippen molar-refractivity contribution in [2.24, 2.45) is 5.73 Å². The summed E-state index contributed by atoms with van der Waals surface area (Å²) in [7, 11) is 2.98. The van der Waals surface area contributed by atoms with E-state index < -0.39 is 12.1 Å². The molecule has 0 aliphatic heterocycles. The van der Waals surface area contributed by atoms with Crippen molar-refractivity contribution in [2.45, 2.75) is 12.1 Å². The lowest BCUT2D eigenvalue weighted by Crippen LogP contribution is -2.19. The Hall–Kier alpha value is -2.79. The smallest absolute Gasteiger partial charge is 0.261 e. The van der Waals surface area contributed by atoms with Gasteiger partial charge in [0.05, 0.1) is 24.3 Å². The zero-order chi connectivity index (χ0) is 19.1. The molecule has 0 fully saturated rings. The van der Waals surface area contributed by atoms with Crippen LogP contribution in [0.15, 0.2) is 42.5 Å². The molecular formula is C19H21N3O4. The molecule has 2 N–H and O–H groups in total. The number of hydrogen-bond donors (Lipinski definition) is 1. The molecule has 0 radical (unpaired) electrons. The average molecular weight is 355 g/mol. The average Bonchev–Trinajstić information content (AvgIpc) is 2.65. The molecule has 2 unspecified atom stereocenters. The molecule has 0 heterocycles. The van der Waals surface area contributed by atoms with E-state index in [9.17, 15) is 10.1 Å². The van der Waals surface area contributed by atoms with Gasteiger partial charge in [0.25, 0.3) is 6.04 Å². The van der Waals surface area contributed by atoms with Gasteiger partial charge >= 0.3 is 0 Å². The zero-order valence-electron chi connectivity index (χ0n) is 14.7. The standard InChI is InChI=1S/C19H21N3O4/c1-25-11-18(21)16-7-15(14-5-3-13(10-20)4-6-14)8-17(9-16)19(12-26-2)22(23)24/h3-9,18-19H,11-12,21H2,1-2H3. The summed E-state index contributed by atoms with van der Waals surface area (Å²) >= 11 is 0. The summed E-state index contributed by atoms with van der Waals surface area (Å²) < 4.78 is 10.1. The first-order valence-corrected chi connectivity index (χ1v) is 8.02. The molecule has 0 amide bonds. The molecule has 7 nitrogen and oxygen atoms in total. The van der Waals surface area contributed by atoms with Gasteiger partial charge in [0.2, 0.25) is 0 Å². The fraction of sp³-hybridized carbons (Fsp3) is 0.316. The summed E-state index contributed by atoms with van der Waals surface area (Å²) in [5.74, 6) is 0. The number of ether oxygens (including phenoxy) is 2. The first-order valence-electron chi connectivity index (χ1n) is 8.02. The van der Waals surface area contributed by atoms with Crippen LogP contribution in [-0.4, -0.2) is 32.4 Å². The maximum atomic E-state index is 11.5. The van der Waals surface area contributed by atoms with Crippen LogP contribution in [0.2, 0.25) is 0 Å². The van der Waals surface area contributed by atoms with Crippen molar-refractivity contribution in [1.29, 1.82) is 5.26 Å². The van der Waals surface area contributed by atoms with Crippen molar-refractivity contribution >= 4 is 0 Å². The summed E-state index contributed by atoms with van der Waals surface area (Å²) in [6.45, 7) is 0.256. The zero-order valence-corrected chi connectivity index (χ0v) is 14.7. The summed E-state index contributed by atoms with van der Waals surface area (Å²) in [6, 6.07) is 13.1. The first-order chi connectivity index (χ1) is 12.5. The Morgan fingerprint density at radius 2 is 1.69 bits per heavy atom. The monoisotopic (exact) mass is 355 g/mol. The van der Waals surface area contributed by atoms with Crippen molar-refractivity contribution in [2.75, 3.05) is 27.4 Å². The van der Waals surface area contributed by atoms with Gasteiger partial charge in [-0.25, -0.2) is 0 Å². The van der Waals surface area contributed by atoms with Gasteiger partial charge in [-0.2, -0.15) is 5.26 Å². The minimum absolute atomic E-state index is 0.0389. The second-order valence-corrected chi connectivity index (χ2v) is 5.90.